The van der Waals surface area contributed by atoms with E-state index >= 15 is 0 Å². The SMILES string of the molecule is Cc1ccc(Cl)c(Nc2ccc(C#N)cn2)c1. The summed E-state index contributed by atoms with van der Waals surface area (Å²) in [5.41, 5.74) is 2.46. The van der Waals surface area contributed by atoms with Crippen LogP contribution in [0.2, 0.25) is 5.02 Å². The van der Waals surface area contributed by atoms with Crippen LogP contribution in [0.25, 0.3) is 0 Å². The Bertz CT molecular complexity index is 570. The van der Waals surface area contributed by atoms with Crippen LogP contribution in [-0.4, -0.2) is 4.98 Å². The molecule has 4 heteroatoms. The summed E-state index contributed by atoms with van der Waals surface area (Å²) in [6.07, 6.45) is 1.52. The van der Waals surface area contributed by atoms with Gasteiger partial charge in [0, 0.05) is 6.20 Å². The van der Waals surface area contributed by atoms with Crippen LogP contribution in [0.5, 0.6) is 0 Å². The molecule has 0 aliphatic heterocycles. The van der Waals surface area contributed by atoms with Gasteiger partial charge in [0.05, 0.1) is 16.3 Å². The van der Waals surface area contributed by atoms with Crippen molar-refractivity contribution >= 4 is 23.1 Å². The highest BCUT2D eigenvalue weighted by molar-refractivity contribution is 6.33. The summed E-state index contributed by atoms with van der Waals surface area (Å²) in [4.78, 5) is 4.12. The third kappa shape index (κ3) is 2.74. The molecule has 1 aromatic heterocycles. The zero-order valence-corrected chi connectivity index (χ0v) is 9.99. The van der Waals surface area contributed by atoms with Gasteiger partial charge in [0.1, 0.15) is 11.9 Å². The third-order valence-corrected chi connectivity index (χ3v) is 2.61. The predicted octanol–water partition coefficient (Wildman–Crippen LogP) is 3.66. The lowest BCUT2D eigenvalue weighted by molar-refractivity contribution is 1.28. The van der Waals surface area contributed by atoms with Gasteiger partial charge in [-0.1, -0.05) is 17.7 Å². The molecule has 0 saturated heterocycles. The van der Waals surface area contributed by atoms with Crippen molar-refractivity contribution in [2.45, 2.75) is 6.92 Å². The highest BCUT2D eigenvalue weighted by Crippen LogP contribution is 2.25. The van der Waals surface area contributed by atoms with Crippen LogP contribution in [0, 0.1) is 18.3 Å². The highest BCUT2D eigenvalue weighted by atomic mass is 35.5. The number of benzene rings is 1. The van der Waals surface area contributed by atoms with Crippen molar-refractivity contribution in [1.82, 2.24) is 4.98 Å². The van der Waals surface area contributed by atoms with Gasteiger partial charge in [-0.05, 0) is 36.8 Å². The summed E-state index contributed by atoms with van der Waals surface area (Å²) in [5.74, 6) is 0.663. The normalized spacial score (nSPS) is 9.71. The Morgan fingerprint density at radius 1 is 1.29 bits per heavy atom. The topological polar surface area (TPSA) is 48.7 Å². The molecular weight excluding hydrogens is 234 g/mol. The van der Waals surface area contributed by atoms with Crippen LogP contribution in [0.3, 0.4) is 0 Å². The van der Waals surface area contributed by atoms with Crippen molar-refractivity contribution in [1.29, 1.82) is 5.26 Å². The first kappa shape index (κ1) is 11.4. The van der Waals surface area contributed by atoms with Crippen molar-refractivity contribution in [3.8, 4) is 6.07 Å². The summed E-state index contributed by atoms with van der Waals surface area (Å²) in [6.45, 7) is 1.99. The van der Waals surface area contributed by atoms with E-state index < -0.39 is 0 Å². The largest absolute Gasteiger partial charge is 0.339 e. The standard InChI is InChI=1S/C13H10ClN3/c1-9-2-4-11(14)12(6-9)17-13-5-3-10(7-15)8-16-13/h2-6,8H,1H3,(H,16,17). The van der Waals surface area contributed by atoms with E-state index in [1.807, 2.05) is 31.2 Å². The second-order valence-electron chi connectivity index (χ2n) is 3.65. The summed E-state index contributed by atoms with van der Waals surface area (Å²) in [5, 5.41) is 12.4. The van der Waals surface area contributed by atoms with Crippen LogP contribution >= 0.6 is 11.6 Å². The molecule has 0 aliphatic rings. The van der Waals surface area contributed by atoms with Crippen molar-refractivity contribution < 1.29 is 0 Å². The zero-order valence-electron chi connectivity index (χ0n) is 9.24. The Hall–Kier alpha value is -2.05. The summed E-state index contributed by atoms with van der Waals surface area (Å²) < 4.78 is 0. The molecule has 0 atom stereocenters. The van der Waals surface area contributed by atoms with E-state index in [0.29, 0.717) is 16.4 Å². The number of aryl methyl sites for hydroxylation is 1. The fraction of sp³-hybridized carbons (Fsp3) is 0.0769. The number of nitriles is 1. The second kappa shape index (κ2) is 4.86. The van der Waals surface area contributed by atoms with Gasteiger partial charge in [-0.25, -0.2) is 4.98 Å². The van der Waals surface area contributed by atoms with Crippen molar-refractivity contribution in [2.24, 2.45) is 0 Å². The van der Waals surface area contributed by atoms with Gasteiger partial charge >= 0.3 is 0 Å². The Morgan fingerprint density at radius 3 is 2.76 bits per heavy atom. The predicted molar refractivity (Wildman–Crippen MR) is 68.4 cm³/mol. The molecule has 0 aliphatic carbocycles. The number of aromatic nitrogens is 1. The number of hydrogen-bond acceptors (Lipinski definition) is 3. The third-order valence-electron chi connectivity index (χ3n) is 2.28. The lowest BCUT2D eigenvalue weighted by Gasteiger charge is -2.08. The van der Waals surface area contributed by atoms with Gasteiger partial charge in [-0.2, -0.15) is 5.26 Å². The molecule has 0 fully saturated rings. The Balaban J connectivity index is 2.25. The average molecular weight is 244 g/mol. The van der Waals surface area contributed by atoms with Gasteiger partial charge in [0.25, 0.3) is 0 Å². The van der Waals surface area contributed by atoms with Crippen LogP contribution < -0.4 is 5.32 Å². The number of pyridine rings is 1. The lowest BCUT2D eigenvalue weighted by atomic mass is 10.2. The zero-order chi connectivity index (χ0) is 12.3. The first-order valence-electron chi connectivity index (χ1n) is 5.08. The molecular formula is C13H10ClN3. The molecule has 0 spiro atoms. The maximum Gasteiger partial charge on any atom is 0.130 e. The molecule has 0 bridgehead atoms. The molecule has 0 amide bonds. The average Bonchev–Trinajstić information content (AvgIpc) is 2.35. The number of nitrogens with zero attached hydrogens (tertiary/aromatic N) is 2. The minimum atomic E-state index is 0.533. The second-order valence-corrected chi connectivity index (χ2v) is 4.06. The van der Waals surface area contributed by atoms with Gasteiger partial charge in [0.2, 0.25) is 0 Å². The fourth-order valence-corrected chi connectivity index (χ4v) is 1.57. The summed E-state index contributed by atoms with van der Waals surface area (Å²) >= 11 is 6.06. The number of nitrogens with one attached hydrogen (secondary N) is 1. The number of halogens is 1. The molecule has 0 unspecified atom stereocenters. The molecule has 1 N–H and O–H groups in total. The minimum Gasteiger partial charge on any atom is -0.339 e. The fourth-order valence-electron chi connectivity index (χ4n) is 1.41. The quantitative estimate of drug-likeness (QED) is 0.876. The molecule has 0 radical (unpaired) electrons. The lowest BCUT2D eigenvalue weighted by Crippen LogP contribution is -1.94. The first-order chi connectivity index (χ1) is 8.19. The Kier molecular flexibility index (Phi) is 3.27. The van der Waals surface area contributed by atoms with E-state index in [1.54, 1.807) is 12.1 Å². The van der Waals surface area contributed by atoms with E-state index in [4.69, 9.17) is 16.9 Å². The summed E-state index contributed by atoms with van der Waals surface area (Å²) in [6, 6.07) is 11.2. The van der Waals surface area contributed by atoms with E-state index in [-0.39, 0.29) is 0 Å². The van der Waals surface area contributed by atoms with E-state index in [0.717, 1.165) is 11.3 Å². The number of hydrogen-bond donors (Lipinski definition) is 1. The van der Waals surface area contributed by atoms with Crippen LogP contribution in [0.1, 0.15) is 11.1 Å². The molecule has 17 heavy (non-hydrogen) atoms. The van der Waals surface area contributed by atoms with Gasteiger partial charge in [-0.3, -0.25) is 0 Å². The number of rotatable bonds is 2. The van der Waals surface area contributed by atoms with Crippen LogP contribution in [-0.2, 0) is 0 Å². The molecule has 2 rings (SSSR count). The van der Waals surface area contributed by atoms with E-state index in [9.17, 15) is 0 Å². The molecule has 0 saturated carbocycles. The first-order valence-corrected chi connectivity index (χ1v) is 5.46. The van der Waals surface area contributed by atoms with Gasteiger partial charge in [-0.15, -0.1) is 0 Å². The van der Waals surface area contributed by atoms with Crippen LogP contribution in [0.4, 0.5) is 11.5 Å². The molecule has 1 aromatic carbocycles. The molecule has 84 valence electrons. The summed E-state index contributed by atoms with van der Waals surface area (Å²) in [7, 11) is 0. The monoisotopic (exact) mass is 243 g/mol. The van der Waals surface area contributed by atoms with Gasteiger partial charge in [0.15, 0.2) is 0 Å². The van der Waals surface area contributed by atoms with Crippen molar-refractivity contribution in [2.75, 3.05) is 5.32 Å². The Labute approximate surface area is 105 Å². The van der Waals surface area contributed by atoms with Gasteiger partial charge < -0.3 is 5.32 Å². The minimum absolute atomic E-state index is 0.533. The highest BCUT2D eigenvalue weighted by Gasteiger charge is 2.02. The Morgan fingerprint density at radius 2 is 2.12 bits per heavy atom. The smallest absolute Gasteiger partial charge is 0.130 e. The van der Waals surface area contributed by atoms with E-state index in [1.165, 1.54) is 6.20 Å². The van der Waals surface area contributed by atoms with Crippen molar-refractivity contribution in [3.63, 3.8) is 0 Å². The van der Waals surface area contributed by atoms with Crippen molar-refractivity contribution in [3.05, 3.63) is 52.7 Å². The van der Waals surface area contributed by atoms with Crippen LogP contribution in [0.15, 0.2) is 36.5 Å². The molecule has 3 nitrogen and oxygen atoms in total. The number of anilines is 2. The molecule has 2 aromatic rings. The molecule has 1 heterocycles. The maximum absolute atomic E-state index is 8.67. The maximum atomic E-state index is 8.67. The van der Waals surface area contributed by atoms with E-state index in [2.05, 4.69) is 10.3 Å².